The van der Waals surface area contributed by atoms with Crippen LogP contribution in [0.2, 0.25) is 0 Å². The molecule has 2 aromatic carbocycles. The van der Waals surface area contributed by atoms with Crippen LogP contribution in [-0.4, -0.2) is 51.5 Å². The predicted molar refractivity (Wildman–Crippen MR) is 127 cm³/mol. The number of carbonyl (C=O) groups excluding carboxylic acids is 1. The lowest BCUT2D eigenvalue weighted by Crippen LogP contribution is -2.36. The van der Waals surface area contributed by atoms with Crippen LogP contribution in [0.3, 0.4) is 0 Å². The number of amides is 1. The fourth-order valence-electron chi connectivity index (χ4n) is 4.00. The van der Waals surface area contributed by atoms with Gasteiger partial charge in [-0.1, -0.05) is 20.8 Å². The topological polar surface area (TPSA) is 51.2 Å². The van der Waals surface area contributed by atoms with E-state index in [4.69, 9.17) is 14.2 Å². The molecule has 0 aliphatic carbocycles. The zero-order valence-corrected chi connectivity index (χ0v) is 19.6. The molecule has 32 heavy (non-hydrogen) atoms. The molecule has 172 valence electrons. The number of anilines is 2. The number of ether oxygens (including phenoxy) is 3. The highest BCUT2D eigenvalue weighted by molar-refractivity contribution is 5.99. The molecule has 6 nitrogen and oxygen atoms in total. The summed E-state index contributed by atoms with van der Waals surface area (Å²) in [6, 6.07) is 14.0. The number of nitrogens with zero attached hydrogens (tertiary/aromatic N) is 2. The summed E-state index contributed by atoms with van der Waals surface area (Å²) in [6.07, 6.45) is 0.215. The van der Waals surface area contributed by atoms with Crippen LogP contribution >= 0.6 is 0 Å². The number of benzene rings is 2. The third-order valence-electron chi connectivity index (χ3n) is 5.78. The maximum Gasteiger partial charge on any atom is 0.268 e. The molecular formula is C26H34N2O4. The van der Waals surface area contributed by atoms with Gasteiger partial charge in [-0.3, -0.25) is 4.79 Å². The van der Waals surface area contributed by atoms with E-state index in [0.717, 1.165) is 54.7 Å². The van der Waals surface area contributed by atoms with Crippen molar-refractivity contribution in [3.05, 3.63) is 48.0 Å². The molecule has 1 unspecified atom stereocenters. The van der Waals surface area contributed by atoms with Gasteiger partial charge in [-0.25, -0.2) is 0 Å². The lowest BCUT2D eigenvalue weighted by molar-refractivity contribution is -0.122. The summed E-state index contributed by atoms with van der Waals surface area (Å²) in [4.78, 5) is 17.1. The second-order valence-electron chi connectivity index (χ2n) is 9.78. The number of morpholine rings is 1. The van der Waals surface area contributed by atoms with Gasteiger partial charge in [0.25, 0.3) is 5.91 Å². The maximum atomic E-state index is 13.0. The molecule has 1 amide bonds. The van der Waals surface area contributed by atoms with Crippen LogP contribution in [0.5, 0.6) is 11.5 Å². The Kier molecular flexibility index (Phi) is 6.60. The molecule has 0 radical (unpaired) electrons. The number of hydrogen-bond acceptors (Lipinski definition) is 5. The second-order valence-corrected chi connectivity index (χ2v) is 9.78. The van der Waals surface area contributed by atoms with Gasteiger partial charge in [0, 0.05) is 37.4 Å². The van der Waals surface area contributed by atoms with E-state index in [9.17, 15) is 4.79 Å². The highest BCUT2D eigenvalue weighted by Gasteiger charge is 2.34. The Morgan fingerprint density at radius 2 is 1.69 bits per heavy atom. The molecule has 2 aromatic rings. The quantitative estimate of drug-likeness (QED) is 0.667. The van der Waals surface area contributed by atoms with Gasteiger partial charge in [-0.15, -0.1) is 0 Å². The third-order valence-corrected chi connectivity index (χ3v) is 5.78. The van der Waals surface area contributed by atoms with Gasteiger partial charge in [-0.2, -0.15) is 0 Å². The Bertz CT molecular complexity index is 930. The molecule has 2 aliphatic heterocycles. The number of rotatable bonds is 6. The van der Waals surface area contributed by atoms with Crippen molar-refractivity contribution in [3.63, 3.8) is 0 Å². The van der Waals surface area contributed by atoms with E-state index in [0.29, 0.717) is 19.6 Å². The highest BCUT2D eigenvalue weighted by Crippen LogP contribution is 2.30. The standard InChI is InChI=1S/C26H34N2O4/c1-19-17-21(7-10-23(19)31-18-26(2,3)4)28-12-11-24(25(28)29)32-22-8-5-20(6-9-22)27-13-15-30-16-14-27/h5-10,17,24H,11-16,18H2,1-4H3. The van der Waals surface area contributed by atoms with Crippen molar-refractivity contribution in [2.75, 3.05) is 49.3 Å². The summed E-state index contributed by atoms with van der Waals surface area (Å²) in [5.74, 6) is 1.60. The van der Waals surface area contributed by atoms with E-state index in [-0.39, 0.29) is 11.3 Å². The third kappa shape index (κ3) is 5.36. The van der Waals surface area contributed by atoms with Crippen molar-refractivity contribution in [2.45, 2.75) is 40.2 Å². The van der Waals surface area contributed by atoms with Crippen molar-refractivity contribution < 1.29 is 19.0 Å². The minimum absolute atomic E-state index is 0.00464. The van der Waals surface area contributed by atoms with Crippen LogP contribution in [0, 0.1) is 12.3 Å². The molecule has 0 saturated carbocycles. The molecule has 0 spiro atoms. The molecule has 6 heteroatoms. The van der Waals surface area contributed by atoms with Gasteiger partial charge in [0.05, 0.1) is 19.8 Å². The number of carbonyl (C=O) groups is 1. The summed E-state index contributed by atoms with van der Waals surface area (Å²) in [7, 11) is 0. The average Bonchev–Trinajstić information content (AvgIpc) is 3.13. The van der Waals surface area contributed by atoms with E-state index >= 15 is 0 Å². The minimum atomic E-state index is -0.457. The van der Waals surface area contributed by atoms with Crippen molar-refractivity contribution >= 4 is 17.3 Å². The molecule has 0 aromatic heterocycles. The fourth-order valence-corrected chi connectivity index (χ4v) is 4.00. The first kappa shape index (κ1) is 22.5. The largest absolute Gasteiger partial charge is 0.493 e. The Hall–Kier alpha value is -2.73. The lowest BCUT2D eigenvalue weighted by atomic mass is 9.98. The smallest absolute Gasteiger partial charge is 0.268 e. The monoisotopic (exact) mass is 438 g/mol. The average molecular weight is 439 g/mol. The second kappa shape index (κ2) is 9.41. The van der Waals surface area contributed by atoms with Crippen LogP contribution in [0.1, 0.15) is 32.8 Å². The van der Waals surface area contributed by atoms with Crippen LogP contribution < -0.4 is 19.3 Å². The van der Waals surface area contributed by atoms with Crippen molar-refractivity contribution in [2.24, 2.45) is 5.41 Å². The zero-order valence-electron chi connectivity index (χ0n) is 19.6. The van der Waals surface area contributed by atoms with E-state index in [1.807, 2.05) is 42.2 Å². The summed E-state index contributed by atoms with van der Waals surface area (Å²) < 4.78 is 17.4. The van der Waals surface area contributed by atoms with E-state index < -0.39 is 6.10 Å². The van der Waals surface area contributed by atoms with Crippen molar-refractivity contribution in [1.82, 2.24) is 0 Å². The molecule has 1 atom stereocenters. The highest BCUT2D eigenvalue weighted by atomic mass is 16.5. The van der Waals surface area contributed by atoms with Gasteiger partial charge in [-0.05, 0) is 60.4 Å². The first-order valence-electron chi connectivity index (χ1n) is 11.4. The molecule has 2 aliphatic rings. The first-order valence-corrected chi connectivity index (χ1v) is 11.4. The Labute approximate surface area is 191 Å². The van der Waals surface area contributed by atoms with Crippen molar-refractivity contribution in [1.29, 1.82) is 0 Å². The van der Waals surface area contributed by atoms with Crippen LogP contribution in [0.25, 0.3) is 0 Å². The Balaban J connectivity index is 1.37. The van der Waals surface area contributed by atoms with Crippen LogP contribution in [0.15, 0.2) is 42.5 Å². The van der Waals surface area contributed by atoms with Gasteiger partial charge in [0.15, 0.2) is 6.10 Å². The maximum absolute atomic E-state index is 13.0. The zero-order chi connectivity index (χ0) is 22.7. The molecule has 0 N–H and O–H groups in total. The fraction of sp³-hybridized carbons (Fsp3) is 0.500. The van der Waals surface area contributed by atoms with E-state index in [1.165, 1.54) is 0 Å². The number of hydrogen-bond donors (Lipinski definition) is 0. The van der Waals surface area contributed by atoms with Crippen molar-refractivity contribution in [3.8, 4) is 11.5 Å². The van der Waals surface area contributed by atoms with Gasteiger partial charge in [0.2, 0.25) is 0 Å². The summed E-state index contributed by atoms with van der Waals surface area (Å²) in [5, 5.41) is 0. The Morgan fingerprint density at radius 3 is 2.34 bits per heavy atom. The van der Waals surface area contributed by atoms with Gasteiger partial charge < -0.3 is 24.0 Å². The van der Waals surface area contributed by atoms with E-state index in [2.05, 4.69) is 37.8 Å². The molecule has 2 fully saturated rings. The molecule has 4 rings (SSSR count). The molecular weight excluding hydrogens is 404 g/mol. The normalized spacial score (nSPS) is 19.4. The lowest BCUT2D eigenvalue weighted by Gasteiger charge is -2.29. The van der Waals surface area contributed by atoms with Gasteiger partial charge in [0.1, 0.15) is 11.5 Å². The summed E-state index contributed by atoms with van der Waals surface area (Å²) in [5.41, 5.74) is 3.18. The summed E-state index contributed by atoms with van der Waals surface area (Å²) in [6.45, 7) is 13.1. The SMILES string of the molecule is Cc1cc(N2CCC(Oc3ccc(N4CCOCC4)cc3)C2=O)ccc1OCC(C)(C)C. The van der Waals surface area contributed by atoms with E-state index in [1.54, 1.807) is 0 Å². The number of aryl methyl sites for hydroxylation is 1. The van der Waals surface area contributed by atoms with Crippen LogP contribution in [-0.2, 0) is 9.53 Å². The molecule has 0 bridgehead atoms. The molecule has 2 saturated heterocycles. The molecule has 2 heterocycles. The predicted octanol–water partition coefficient (Wildman–Crippen LogP) is 4.44. The minimum Gasteiger partial charge on any atom is -0.493 e. The van der Waals surface area contributed by atoms with Gasteiger partial charge >= 0.3 is 0 Å². The van der Waals surface area contributed by atoms with Crippen LogP contribution in [0.4, 0.5) is 11.4 Å². The summed E-state index contributed by atoms with van der Waals surface area (Å²) >= 11 is 0. The first-order chi connectivity index (χ1) is 15.3. The Morgan fingerprint density at radius 1 is 1.00 bits per heavy atom.